The third kappa shape index (κ3) is 1.73. The zero-order chi connectivity index (χ0) is 11.0. The van der Waals surface area contributed by atoms with Crippen LogP contribution in [0.1, 0.15) is 11.7 Å². The summed E-state index contributed by atoms with van der Waals surface area (Å²) in [4.78, 5) is 0. The fourth-order valence-electron chi connectivity index (χ4n) is 1.98. The Hall–Kier alpha value is -1.30. The molecule has 0 spiro atoms. The first-order valence-electron chi connectivity index (χ1n) is 5.34. The van der Waals surface area contributed by atoms with E-state index in [0.29, 0.717) is 19.9 Å². The topological polar surface area (TPSA) is 57.0 Å². The van der Waals surface area contributed by atoms with E-state index in [1.54, 1.807) is 5.01 Å². The van der Waals surface area contributed by atoms with E-state index in [4.69, 9.17) is 20.1 Å². The SMILES string of the molecule is NN1CCOC(c2ccc3c(c2)OCO3)C1. The molecule has 3 rings (SSSR count). The van der Waals surface area contributed by atoms with Crippen molar-refractivity contribution in [3.63, 3.8) is 0 Å². The molecular weight excluding hydrogens is 208 g/mol. The maximum atomic E-state index is 5.77. The minimum atomic E-state index is 0.0215. The molecule has 1 atom stereocenters. The molecule has 2 N–H and O–H groups in total. The fourth-order valence-corrected chi connectivity index (χ4v) is 1.98. The molecule has 16 heavy (non-hydrogen) atoms. The molecule has 5 nitrogen and oxygen atoms in total. The van der Waals surface area contributed by atoms with Crippen molar-refractivity contribution < 1.29 is 14.2 Å². The van der Waals surface area contributed by atoms with Crippen LogP contribution < -0.4 is 15.3 Å². The number of ether oxygens (including phenoxy) is 3. The molecule has 1 aromatic rings. The lowest BCUT2D eigenvalue weighted by Crippen LogP contribution is -2.42. The van der Waals surface area contributed by atoms with Gasteiger partial charge in [0.1, 0.15) is 0 Å². The molecule has 2 aliphatic rings. The van der Waals surface area contributed by atoms with Crippen molar-refractivity contribution in [2.45, 2.75) is 6.10 Å². The Balaban J connectivity index is 1.83. The van der Waals surface area contributed by atoms with Crippen LogP contribution in [-0.2, 0) is 4.74 Å². The molecule has 0 bridgehead atoms. The Morgan fingerprint density at radius 3 is 3.00 bits per heavy atom. The number of nitrogens with zero attached hydrogens (tertiary/aromatic N) is 1. The normalized spacial score (nSPS) is 24.7. The molecule has 1 unspecified atom stereocenters. The molecule has 0 aliphatic carbocycles. The van der Waals surface area contributed by atoms with Gasteiger partial charge in [-0.15, -0.1) is 0 Å². The Morgan fingerprint density at radius 1 is 1.25 bits per heavy atom. The third-order valence-electron chi connectivity index (χ3n) is 2.87. The molecule has 2 aliphatic heterocycles. The van der Waals surface area contributed by atoms with Gasteiger partial charge in [-0.25, -0.2) is 5.01 Å². The lowest BCUT2D eigenvalue weighted by molar-refractivity contribution is -0.0304. The Kier molecular flexibility index (Phi) is 2.43. The van der Waals surface area contributed by atoms with Gasteiger partial charge in [0.2, 0.25) is 6.79 Å². The van der Waals surface area contributed by atoms with Crippen LogP contribution in [0.5, 0.6) is 11.5 Å². The second kappa shape index (κ2) is 3.93. The maximum absolute atomic E-state index is 5.77. The van der Waals surface area contributed by atoms with Gasteiger partial charge in [-0.1, -0.05) is 6.07 Å². The summed E-state index contributed by atoms with van der Waals surface area (Å²) in [5, 5.41) is 1.78. The fraction of sp³-hybridized carbons (Fsp3) is 0.455. The summed E-state index contributed by atoms with van der Waals surface area (Å²) in [6, 6.07) is 5.87. The van der Waals surface area contributed by atoms with Crippen molar-refractivity contribution in [1.82, 2.24) is 5.01 Å². The summed E-state index contributed by atoms with van der Waals surface area (Å²) < 4.78 is 16.3. The molecule has 0 radical (unpaired) electrons. The second-order valence-electron chi connectivity index (χ2n) is 3.97. The van der Waals surface area contributed by atoms with Gasteiger partial charge in [-0.2, -0.15) is 0 Å². The molecule has 1 aromatic carbocycles. The van der Waals surface area contributed by atoms with Crippen LogP contribution in [0, 0.1) is 0 Å². The number of nitrogens with two attached hydrogens (primary N) is 1. The Labute approximate surface area is 93.7 Å². The van der Waals surface area contributed by atoms with Crippen molar-refractivity contribution in [2.24, 2.45) is 5.84 Å². The molecule has 1 fully saturated rings. The van der Waals surface area contributed by atoms with E-state index in [1.165, 1.54) is 0 Å². The monoisotopic (exact) mass is 222 g/mol. The van der Waals surface area contributed by atoms with E-state index >= 15 is 0 Å². The summed E-state index contributed by atoms with van der Waals surface area (Å²) in [6.45, 7) is 2.45. The van der Waals surface area contributed by atoms with Gasteiger partial charge in [-0.05, 0) is 17.7 Å². The van der Waals surface area contributed by atoms with Crippen molar-refractivity contribution in [3.8, 4) is 11.5 Å². The number of hydrazine groups is 1. The van der Waals surface area contributed by atoms with Crippen molar-refractivity contribution in [3.05, 3.63) is 23.8 Å². The number of benzene rings is 1. The average molecular weight is 222 g/mol. The van der Waals surface area contributed by atoms with Crippen LogP contribution in [0.2, 0.25) is 0 Å². The summed E-state index contributed by atoms with van der Waals surface area (Å²) in [7, 11) is 0. The number of morpholine rings is 1. The summed E-state index contributed by atoms with van der Waals surface area (Å²) in [5.41, 5.74) is 1.08. The second-order valence-corrected chi connectivity index (χ2v) is 3.97. The summed E-state index contributed by atoms with van der Waals surface area (Å²) in [6.07, 6.45) is 0.0215. The lowest BCUT2D eigenvalue weighted by Gasteiger charge is -2.29. The van der Waals surface area contributed by atoms with E-state index in [1.807, 2.05) is 18.2 Å². The minimum absolute atomic E-state index is 0.0215. The number of fused-ring (bicyclic) bond motifs is 1. The molecule has 0 saturated carbocycles. The third-order valence-corrected chi connectivity index (χ3v) is 2.87. The largest absolute Gasteiger partial charge is 0.454 e. The van der Waals surface area contributed by atoms with E-state index in [9.17, 15) is 0 Å². The molecule has 86 valence electrons. The van der Waals surface area contributed by atoms with Crippen LogP contribution >= 0.6 is 0 Å². The maximum Gasteiger partial charge on any atom is 0.231 e. The summed E-state index contributed by atoms with van der Waals surface area (Å²) in [5.74, 6) is 7.36. The van der Waals surface area contributed by atoms with Gasteiger partial charge in [0.05, 0.1) is 12.7 Å². The van der Waals surface area contributed by atoms with Gasteiger partial charge < -0.3 is 14.2 Å². The number of hydrogen-bond donors (Lipinski definition) is 1. The quantitative estimate of drug-likeness (QED) is 0.707. The van der Waals surface area contributed by atoms with Crippen LogP contribution in [0.3, 0.4) is 0 Å². The smallest absolute Gasteiger partial charge is 0.231 e. The van der Waals surface area contributed by atoms with Gasteiger partial charge >= 0.3 is 0 Å². The zero-order valence-corrected chi connectivity index (χ0v) is 8.89. The van der Waals surface area contributed by atoms with Gasteiger partial charge in [0.15, 0.2) is 11.5 Å². The highest BCUT2D eigenvalue weighted by atomic mass is 16.7. The number of rotatable bonds is 1. The highest BCUT2D eigenvalue weighted by molar-refractivity contribution is 5.45. The first-order chi connectivity index (χ1) is 7.83. The first kappa shape index (κ1) is 9.89. The van der Waals surface area contributed by atoms with E-state index in [0.717, 1.165) is 23.6 Å². The molecular formula is C11H14N2O3. The van der Waals surface area contributed by atoms with Gasteiger partial charge in [0, 0.05) is 13.1 Å². The minimum Gasteiger partial charge on any atom is -0.454 e. The molecule has 0 aromatic heterocycles. The highest BCUT2D eigenvalue weighted by Crippen LogP contribution is 2.35. The lowest BCUT2D eigenvalue weighted by atomic mass is 10.1. The molecule has 5 heteroatoms. The van der Waals surface area contributed by atoms with Crippen molar-refractivity contribution in [1.29, 1.82) is 0 Å². The van der Waals surface area contributed by atoms with Crippen LogP contribution in [0.4, 0.5) is 0 Å². The molecule has 1 saturated heterocycles. The Morgan fingerprint density at radius 2 is 2.12 bits per heavy atom. The Bertz CT molecular complexity index is 397. The van der Waals surface area contributed by atoms with Crippen LogP contribution in [0.25, 0.3) is 0 Å². The van der Waals surface area contributed by atoms with Gasteiger partial charge in [-0.3, -0.25) is 5.84 Å². The average Bonchev–Trinajstić information content (AvgIpc) is 2.75. The predicted octanol–water partition coefficient (Wildman–Crippen LogP) is 0.662. The van der Waals surface area contributed by atoms with E-state index < -0.39 is 0 Å². The zero-order valence-electron chi connectivity index (χ0n) is 8.89. The van der Waals surface area contributed by atoms with Crippen LogP contribution in [-0.4, -0.2) is 31.5 Å². The number of hydrogen-bond acceptors (Lipinski definition) is 5. The highest BCUT2D eigenvalue weighted by Gasteiger charge is 2.22. The first-order valence-corrected chi connectivity index (χ1v) is 5.34. The molecule has 2 heterocycles. The van der Waals surface area contributed by atoms with Gasteiger partial charge in [0.25, 0.3) is 0 Å². The van der Waals surface area contributed by atoms with Crippen LogP contribution in [0.15, 0.2) is 18.2 Å². The standard InChI is InChI=1S/C11H14N2O3/c12-13-3-4-14-11(6-13)8-1-2-9-10(5-8)16-7-15-9/h1-2,5,11H,3-4,6-7,12H2. The van der Waals surface area contributed by atoms with E-state index in [-0.39, 0.29) is 6.10 Å². The molecule has 0 amide bonds. The summed E-state index contributed by atoms with van der Waals surface area (Å²) >= 11 is 0. The van der Waals surface area contributed by atoms with E-state index in [2.05, 4.69) is 0 Å². The van der Waals surface area contributed by atoms with Crippen molar-refractivity contribution >= 4 is 0 Å². The van der Waals surface area contributed by atoms with Crippen molar-refractivity contribution in [2.75, 3.05) is 26.5 Å². The predicted molar refractivity (Wildman–Crippen MR) is 57.0 cm³/mol.